The van der Waals surface area contributed by atoms with E-state index < -0.39 is 0 Å². The number of aliphatic hydroxyl groups excluding tert-OH is 1. The molecular formula is C14H18O. The van der Waals surface area contributed by atoms with Gasteiger partial charge in [0.1, 0.15) is 0 Å². The Morgan fingerprint density at radius 3 is 2.80 bits per heavy atom. The number of rotatable bonds is 5. The maximum Gasteiger partial charge on any atom is 0.0581 e. The second-order valence-corrected chi connectivity index (χ2v) is 3.88. The molecule has 0 amide bonds. The fourth-order valence-electron chi connectivity index (χ4n) is 1.63. The molecule has 0 fully saturated rings. The summed E-state index contributed by atoms with van der Waals surface area (Å²) >= 11 is 0. The Morgan fingerprint density at radius 1 is 1.40 bits per heavy atom. The summed E-state index contributed by atoms with van der Waals surface area (Å²) in [7, 11) is 0. The molecule has 0 heterocycles. The van der Waals surface area contributed by atoms with E-state index in [-0.39, 0.29) is 6.10 Å². The summed E-state index contributed by atoms with van der Waals surface area (Å²) < 4.78 is 0. The lowest BCUT2D eigenvalue weighted by Crippen LogP contribution is -2.10. The van der Waals surface area contributed by atoms with Crippen LogP contribution in [0.4, 0.5) is 0 Å². The highest BCUT2D eigenvalue weighted by molar-refractivity contribution is 5.26. The van der Waals surface area contributed by atoms with E-state index in [1.165, 1.54) is 11.1 Å². The van der Waals surface area contributed by atoms with Crippen LogP contribution in [0, 0.1) is 19.3 Å². The molecule has 0 aliphatic heterocycles. The molecule has 1 N–H and O–H groups in total. The van der Waals surface area contributed by atoms with Crippen LogP contribution in [0.25, 0.3) is 0 Å². The molecule has 0 spiro atoms. The Kier molecular flexibility index (Phi) is 4.93. The van der Waals surface area contributed by atoms with E-state index in [1.807, 2.05) is 12.1 Å². The van der Waals surface area contributed by atoms with Gasteiger partial charge in [0, 0.05) is 6.42 Å². The zero-order valence-electron chi connectivity index (χ0n) is 9.24. The molecule has 1 nitrogen and oxygen atoms in total. The summed E-state index contributed by atoms with van der Waals surface area (Å²) in [6.45, 7) is 2.07. The Morgan fingerprint density at radius 2 is 2.13 bits per heavy atom. The molecule has 1 rings (SSSR count). The minimum Gasteiger partial charge on any atom is -0.393 e. The van der Waals surface area contributed by atoms with Crippen LogP contribution in [0.3, 0.4) is 0 Å². The average Bonchev–Trinajstić information content (AvgIpc) is 2.22. The Bertz CT molecular complexity index is 335. The van der Waals surface area contributed by atoms with Gasteiger partial charge in [-0.1, -0.05) is 24.3 Å². The number of hydrogen-bond donors (Lipinski definition) is 1. The van der Waals surface area contributed by atoms with E-state index in [9.17, 15) is 5.11 Å². The van der Waals surface area contributed by atoms with Gasteiger partial charge in [0.25, 0.3) is 0 Å². The monoisotopic (exact) mass is 202 g/mol. The first-order valence-electron chi connectivity index (χ1n) is 5.40. The van der Waals surface area contributed by atoms with Crippen molar-refractivity contribution in [2.75, 3.05) is 0 Å². The topological polar surface area (TPSA) is 20.2 Å². The zero-order valence-corrected chi connectivity index (χ0v) is 9.24. The maximum absolute atomic E-state index is 9.79. The van der Waals surface area contributed by atoms with Gasteiger partial charge in [-0.2, -0.15) is 0 Å². The predicted molar refractivity (Wildman–Crippen MR) is 63.6 cm³/mol. The van der Waals surface area contributed by atoms with Gasteiger partial charge < -0.3 is 5.11 Å². The summed E-state index contributed by atoms with van der Waals surface area (Å²) in [4.78, 5) is 0. The first-order valence-corrected chi connectivity index (χ1v) is 5.40. The van der Waals surface area contributed by atoms with Gasteiger partial charge in [-0.25, -0.2) is 0 Å². The van der Waals surface area contributed by atoms with Crippen LogP contribution >= 0.6 is 0 Å². The highest BCUT2D eigenvalue weighted by atomic mass is 16.3. The summed E-state index contributed by atoms with van der Waals surface area (Å²) in [6.07, 6.45) is 8.08. The van der Waals surface area contributed by atoms with Crippen molar-refractivity contribution in [2.45, 2.75) is 38.7 Å². The number of unbranched alkanes of at least 4 members (excludes halogenated alkanes) is 1. The predicted octanol–water partition coefficient (Wildman–Crippen LogP) is 2.70. The smallest absolute Gasteiger partial charge is 0.0581 e. The lowest BCUT2D eigenvalue weighted by molar-refractivity contribution is 0.162. The number of aryl methyl sites for hydroxylation is 1. The summed E-state index contributed by atoms with van der Waals surface area (Å²) in [5.41, 5.74) is 2.47. The highest BCUT2D eigenvalue weighted by Crippen LogP contribution is 2.12. The van der Waals surface area contributed by atoms with Crippen molar-refractivity contribution < 1.29 is 5.11 Å². The lowest BCUT2D eigenvalue weighted by atomic mass is 10.00. The summed E-state index contributed by atoms with van der Waals surface area (Å²) in [5, 5.41) is 9.79. The van der Waals surface area contributed by atoms with Gasteiger partial charge in [-0.05, 0) is 37.3 Å². The minimum absolute atomic E-state index is 0.264. The number of aliphatic hydroxyl groups is 1. The maximum atomic E-state index is 9.79. The number of benzene rings is 1. The Balaban J connectivity index is 2.41. The van der Waals surface area contributed by atoms with Crippen LogP contribution in [0.15, 0.2) is 24.3 Å². The van der Waals surface area contributed by atoms with Gasteiger partial charge in [0.05, 0.1) is 6.10 Å². The van der Waals surface area contributed by atoms with Gasteiger partial charge in [-0.15, -0.1) is 12.3 Å². The first-order chi connectivity index (χ1) is 7.24. The molecule has 15 heavy (non-hydrogen) atoms. The molecule has 1 aromatic carbocycles. The number of terminal acetylenes is 1. The van der Waals surface area contributed by atoms with Gasteiger partial charge >= 0.3 is 0 Å². The van der Waals surface area contributed by atoms with Crippen LogP contribution in [0.2, 0.25) is 0 Å². The normalized spacial score (nSPS) is 12.1. The van der Waals surface area contributed by atoms with Gasteiger partial charge in [0.2, 0.25) is 0 Å². The van der Waals surface area contributed by atoms with E-state index in [0.29, 0.717) is 0 Å². The highest BCUT2D eigenvalue weighted by Gasteiger charge is 2.06. The summed E-state index contributed by atoms with van der Waals surface area (Å²) in [5.74, 6) is 2.59. The van der Waals surface area contributed by atoms with Gasteiger partial charge in [0.15, 0.2) is 0 Å². The second kappa shape index (κ2) is 6.27. The largest absolute Gasteiger partial charge is 0.393 e. The standard InChI is InChI=1S/C14H18O/c1-3-4-5-10-14(15)11-13-9-7-6-8-12(13)2/h1,6-9,14-15H,4-5,10-11H2,2H3. The molecule has 1 atom stereocenters. The van der Waals surface area contributed by atoms with Crippen LogP contribution in [0.1, 0.15) is 30.4 Å². The van der Waals surface area contributed by atoms with Crippen molar-refractivity contribution in [1.29, 1.82) is 0 Å². The average molecular weight is 202 g/mol. The van der Waals surface area contributed by atoms with Crippen molar-refractivity contribution in [3.8, 4) is 12.3 Å². The van der Waals surface area contributed by atoms with Crippen LogP contribution in [-0.4, -0.2) is 11.2 Å². The van der Waals surface area contributed by atoms with Crippen molar-refractivity contribution in [2.24, 2.45) is 0 Å². The molecule has 0 aliphatic rings. The molecule has 1 unspecified atom stereocenters. The molecule has 0 saturated carbocycles. The summed E-state index contributed by atoms with van der Waals surface area (Å²) in [6, 6.07) is 8.17. The van der Waals surface area contributed by atoms with E-state index in [2.05, 4.69) is 25.0 Å². The van der Waals surface area contributed by atoms with Crippen LogP contribution < -0.4 is 0 Å². The molecule has 1 heteroatoms. The van der Waals surface area contributed by atoms with Crippen LogP contribution in [-0.2, 0) is 6.42 Å². The van der Waals surface area contributed by atoms with E-state index in [1.54, 1.807) is 0 Å². The molecular weight excluding hydrogens is 184 g/mol. The molecule has 0 aromatic heterocycles. The Hall–Kier alpha value is -1.26. The number of hydrogen-bond acceptors (Lipinski definition) is 1. The SMILES string of the molecule is C#CCCCC(O)Cc1ccccc1C. The van der Waals surface area contributed by atoms with E-state index >= 15 is 0 Å². The van der Waals surface area contributed by atoms with Gasteiger partial charge in [-0.3, -0.25) is 0 Å². The van der Waals surface area contributed by atoms with Crippen molar-refractivity contribution in [3.63, 3.8) is 0 Å². The molecule has 0 aliphatic carbocycles. The Labute approximate surface area is 92.1 Å². The third-order valence-corrected chi connectivity index (χ3v) is 2.58. The molecule has 1 aromatic rings. The van der Waals surface area contributed by atoms with Crippen molar-refractivity contribution >= 4 is 0 Å². The minimum atomic E-state index is -0.264. The molecule has 0 bridgehead atoms. The first kappa shape index (κ1) is 11.8. The fourth-order valence-corrected chi connectivity index (χ4v) is 1.63. The molecule has 0 radical (unpaired) electrons. The molecule has 0 saturated heterocycles. The fraction of sp³-hybridized carbons (Fsp3) is 0.429. The van der Waals surface area contributed by atoms with Crippen molar-refractivity contribution in [1.82, 2.24) is 0 Å². The lowest BCUT2D eigenvalue weighted by Gasteiger charge is -2.11. The third-order valence-electron chi connectivity index (χ3n) is 2.58. The second-order valence-electron chi connectivity index (χ2n) is 3.88. The third kappa shape index (κ3) is 4.18. The zero-order chi connectivity index (χ0) is 11.1. The van der Waals surface area contributed by atoms with E-state index in [0.717, 1.165) is 25.7 Å². The quantitative estimate of drug-likeness (QED) is 0.575. The van der Waals surface area contributed by atoms with Crippen LogP contribution in [0.5, 0.6) is 0 Å². The molecule has 80 valence electrons. The van der Waals surface area contributed by atoms with E-state index in [4.69, 9.17) is 6.42 Å². The van der Waals surface area contributed by atoms with Crippen molar-refractivity contribution in [3.05, 3.63) is 35.4 Å².